The first kappa shape index (κ1) is 16.4. The monoisotopic (exact) mass is 268 g/mol. The Kier molecular flexibility index (Phi) is 7.32. The van der Waals surface area contributed by atoms with Gasteiger partial charge in [0.2, 0.25) is 0 Å². The van der Waals surface area contributed by atoms with Crippen molar-refractivity contribution in [3.05, 3.63) is 12.2 Å². The van der Waals surface area contributed by atoms with Crippen LogP contribution in [0.2, 0.25) is 0 Å². The first-order chi connectivity index (χ1) is 9.10. The van der Waals surface area contributed by atoms with Crippen LogP contribution in [0.1, 0.15) is 58.8 Å². The topological polar surface area (TPSA) is 57.5 Å². The largest absolute Gasteiger partial charge is 0.392 e. The molecule has 0 aromatic rings. The molecule has 4 unspecified atom stereocenters. The first-order valence-corrected chi connectivity index (χ1v) is 7.67. The zero-order valence-corrected chi connectivity index (χ0v) is 12.2. The smallest absolute Gasteiger partial charge is 0.139 e. The molecular formula is C16H28O3. The fourth-order valence-electron chi connectivity index (χ4n) is 2.86. The molecule has 110 valence electrons. The van der Waals surface area contributed by atoms with Crippen LogP contribution in [0.15, 0.2) is 12.2 Å². The maximum Gasteiger partial charge on any atom is 0.139 e. The zero-order valence-electron chi connectivity index (χ0n) is 12.2. The van der Waals surface area contributed by atoms with E-state index in [4.69, 9.17) is 0 Å². The summed E-state index contributed by atoms with van der Waals surface area (Å²) in [5.41, 5.74) is 0. The van der Waals surface area contributed by atoms with Crippen LogP contribution in [0, 0.1) is 11.8 Å². The molecule has 0 heterocycles. The van der Waals surface area contributed by atoms with E-state index in [1.165, 1.54) is 0 Å². The van der Waals surface area contributed by atoms with Gasteiger partial charge in [-0.15, -0.1) is 0 Å². The number of Topliss-reactive ketones (excluding diaryl/α,β-unsaturated/α-hetero) is 1. The highest BCUT2D eigenvalue weighted by Gasteiger charge is 2.39. The maximum atomic E-state index is 11.8. The Balaban J connectivity index is 2.50. The van der Waals surface area contributed by atoms with Gasteiger partial charge in [0.25, 0.3) is 0 Å². The van der Waals surface area contributed by atoms with Gasteiger partial charge in [0, 0.05) is 18.3 Å². The van der Waals surface area contributed by atoms with E-state index < -0.39 is 12.2 Å². The number of hydrogen-bond acceptors (Lipinski definition) is 3. The standard InChI is InChI=1S/C16H28O3/c1-3-5-6-8-12(17)9-10-14-13(7-4-2)15(18)11-16(14)19/h9-10,12-14,16-17,19H,3-8,11H2,1-2H3/b10-9+. The second-order valence-corrected chi connectivity index (χ2v) is 5.66. The number of carbonyl (C=O) groups is 1. The second-order valence-electron chi connectivity index (χ2n) is 5.66. The van der Waals surface area contributed by atoms with Gasteiger partial charge < -0.3 is 10.2 Å². The summed E-state index contributed by atoms with van der Waals surface area (Å²) in [7, 11) is 0. The Morgan fingerprint density at radius 2 is 2.05 bits per heavy atom. The minimum absolute atomic E-state index is 0.0564. The van der Waals surface area contributed by atoms with E-state index in [0.717, 1.165) is 38.5 Å². The Hall–Kier alpha value is -0.670. The quantitative estimate of drug-likeness (QED) is 0.526. The summed E-state index contributed by atoms with van der Waals surface area (Å²) >= 11 is 0. The van der Waals surface area contributed by atoms with Crippen molar-refractivity contribution < 1.29 is 15.0 Å². The second kappa shape index (κ2) is 8.49. The normalized spacial score (nSPS) is 29.3. The van der Waals surface area contributed by atoms with Gasteiger partial charge in [-0.2, -0.15) is 0 Å². The molecule has 0 radical (unpaired) electrons. The van der Waals surface area contributed by atoms with Crippen molar-refractivity contribution in [1.29, 1.82) is 0 Å². The molecule has 1 aliphatic rings. The molecule has 3 heteroatoms. The summed E-state index contributed by atoms with van der Waals surface area (Å²) in [5, 5.41) is 19.8. The van der Waals surface area contributed by atoms with Gasteiger partial charge in [0.1, 0.15) is 5.78 Å². The van der Waals surface area contributed by atoms with Crippen molar-refractivity contribution >= 4 is 5.78 Å². The molecule has 1 aliphatic carbocycles. The van der Waals surface area contributed by atoms with Gasteiger partial charge in [-0.3, -0.25) is 4.79 Å². The SMILES string of the molecule is CCCCCC(O)/C=C/C1C(O)CC(=O)C1CCC. The molecule has 1 rings (SSSR count). The summed E-state index contributed by atoms with van der Waals surface area (Å²) < 4.78 is 0. The Bertz CT molecular complexity index is 298. The number of carbonyl (C=O) groups excluding carboxylic acids is 1. The number of aliphatic hydroxyl groups is 2. The van der Waals surface area contributed by atoms with Crippen LogP contribution in [-0.4, -0.2) is 28.2 Å². The summed E-state index contributed by atoms with van der Waals surface area (Å²) in [4.78, 5) is 11.8. The molecule has 0 aromatic heterocycles. The van der Waals surface area contributed by atoms with Gasteiger partial charge >= 0.3 is 0 Å². The predicted octanol–water partition coefficient (Wildman–Crippen LogP) is 2.85. The van der Waals surface area contributed by atoms with Gasteiger partial charge in [0.05, 0.1) is 12.2 Å². The predicted molar refractivity (Wildman–Crippen MR) is 76.8 cm³/mol. The molecule has 0 amide bonds. The lowest BCUT2D eigenvalue weighted by Crippen LogP contribution is -2.19. The first-order valence-electron chi connectivity index (χ1n) is 7.67. The van der Waals surface area contributed by atoms with Crippen molar-refractivity contribution in [3.8, 4) is 0 Å². The molecule has 0 spiro atoms. The molecule has 0 bridgehead atoms. The molecule has 0 aromatic carbocycles. The van der Waals surface area contributed by atoms with Gasteiger partial charge in [-0.05, 0) is 12.8 Å². The molecular weight excluding hydrogens is 240 g/mol. The van der Waals surface area contributed by atoms with E-state index >= 15 is 0 Å². The van der Waals surface area contributed by atoms with E-state index in [1.807, 2.05) is 6.08 Å². The van der Waals surface area contributed by atoms with Gasteiger partial charge in [0.15, 0.2) is 0 Å². The van der Waals surface area contributed by atoms with Crippen LogP contribution in [-0.2, 0) is 4.79 Å². The van der Waals surface area contributed by atoms with Crippen molar-refractivity contribution in [1.82, 2.24) is 0 Å². The number of ketones is 1. The molecule has 2 N–H and O–H groups in total. The fraction of sp³-hybridized carbons (Fsp3) is 0.812. The molecule has 0 aliphatic heterocycles. The zero-order chi connectivity index (χ0) is 14.3. The number of rotatable bonds is 8. The maximum absolute atomic E-state index is 11.8. The van der Waals surface area contributed by atoms with Crippen molar-refractivity contribution in [2.24, 2.45) is 11.8 Å². The van der Waals surface area contributed by atoms with E-state index in [9.17, 15) is 15.0 Å². The average molecular weight is 268 g/mol. The molecule has 19 heavy (non-hydrogen) atoms. The Labute approximate surface area is 116 Å². The summed E-state index contributed by atoms with van der Waals surface area (Å²) in [6.45, 7) is 4.19. The third kappa shape index (κ3) is 5.07. The van der Waals surface area contributed by atoms with Crippen LogP contribution in [0.3, 0.4) is 0 Å². The molecule has 0 saturated heterocycles. The number of hydrogen-bond donors (Lipinski definition) is 2. The summed E-state index contributed by atoms with van der Waals surface area (Å²) in [5.74, 6) is 0.0110. The molecule has 3 nitrogen and oxygen atoms in total. The van der Waals surface area contributed by atoms with Crippen LogP contribution < -0.4 is 0 Å². The summed E-state index contributed by atoms with van der Waals surface area (Å²) in [6.07, 6.45) is 8.73. The Morgan fingerprint density at radius 3 is 2.68 bits per heavy atom. The van der Waals surface area contributed by atoms with Crippen molar-refractivity contribution in [2.45, 2.75) is 71.0 Å². The Morgan fingerprint density at radius 1 is 1.32 bits per heavy atom. The number of aliphatic hydroxyl groups excluding tert-OH is 2. The highest BCUT2D eigenvalue weighted by molar-refractivity contribution is 5.84. The lowest BCUT2D eigenvalue weighted by molar-refractivity contribution is -0.121. The van der Waals surface area contributed by atoms with Gasteiger partial charge in [-0.25, -0.2) is 0 Å². The average Bonchev–Trinajstić information content (AvgIpc) is 2.63. The highest BCUT2D eigenvalue weighted by Crippen LogP contribution is 2.33. The van der Waals surface area contributed by atoms with Crippen LogP contribution in [0.4, 0.5) is 0 Å². The molecule has 4 atom stereocenters. The highest BCUT2D eigenvalue weighted by atomic mass is 16.3. The fourth-order valence-corrected chi connectivity index (χ4v) is 2.86. The van der Waals surface area contributed by atoms with E-state index in [1.54, 1.807) is 6.08 Å². The van der Waals surface area contributed by atoms with E-state index in [0.29, 0.717) is 0 Å². The minimum atomic E-state index is -0.567. The number of unbranched alkanes of at least 4 members (excludes halogenated alkanes) is 2. The van der Waals surface area contributed by atoms with Crippen molar-refractivity contribution in [2.75, 3.05) is 0 Å². The van der Waals surface area contributed by atoms with Crippen LogP contribution >= 0.6 is 0 Å². The van der Waals surface area contributed by atoms with Crippen LogP contribution in [0.5, 0.6) is 0 Å². The van der Waals surface area contributed by atoms with Crippen LogP contribution in [0.25, 0.3) is 0 Å². The summed E-state index contributed by atoms with van der Waals surface area (Å²) in [6, 6.07) is 0. The van der Waals surface area contributed by atoms with Gasteiger partial charge in [-0.1, -0.05) is 51.7 Å². The lowest BCUT2D eigenvalue weighted by atomic mass is 9.89. The van der Waals surface area contributed by atoms with E-state index in [2.05, 4.69) is 13.8 Å². The third-order valence-corrected chi connectivity index (χ3v) is 3.99. The minimum Gasteiger partial charge on any atom is -0.392 e. The molecule has 1 fully saturated rings. The third-order valence-electron chi connectivity index (χ3n) is 3.99. The molecule has 1 saturated carbocycles. The van der Waals surface area contributed by atoms with Crippen molar-refractivity contribution in [3.63, 3.8) is 0 Å². The van der Waals surface area contributed by atoms with E-state index in [-0.39, 0.29) is 24.0 Å². The lowest BCUT2D eigenvalue weighted by Gasteiger charge is -2.17.